The summed E-state index contributed by atoms with van der Waals surface area (Å²) in [6, 6.07) is 6.00. The molecule has 0 aliphatic carbocycles. The number of carbonyl (C=O) groups excluding carboxylic acids is 1. The number of nitrogens with zero attached hydrogens (tertiary/aromatic N) is 6. The quantitative estimate of drug-likeness (QED) is 0.732. The van der Waals surface area contributed by atoms with E-state index in [0.29, 0.717) is 18.2 Å². The van der Waals surface area contributed by atoms with Crippen LogP contribution in [0, 0.1) is 12.8 Å². The lowest BCUT2D eigenvalue weighted by Crippen LogP contribution is -2.49. The molecule has 0 N–H and O–H groups in total. The van der Waals surface area contributed by atoms with Crippen molar-refractivity contribution in [2.45, 2.75) is 39.2 Å². The topological polar surface area (TPSA) is 57.5 Å². The third kappa shape index (κ3) is 5.01. The number of carbonyl (C=O) groups is 1. The van der Waals surface area contributed by atoms with Gasteiger partial charge in [0.15, 0.2) is 0 Å². The molecule has 0 unspecified atom stereocenters. The summed E-state index contributed by atoms with van der Waals surface area (Å²) in [5, 5.41) is 4.37. The van der Waals surface area contributed by atoms with Gasteiger partial charge in [0.1, 0.15) is 5.82 Å². The molecule has 4 rings (SSSR count). The fourth-order valence-corrected chi connectivity index (χ4v) is 4.68. The highest BCUT2D eigenvalue weighted by atomic mass is 16.2. The van der Waals surface area contributed by atoms with Crippen LogP contribution in [0.2, 0.25) is 0 Å². The van der Waals surface area contributed by atoms with Crippen LogP contribution in [0.4, 0.5) is 5.82 Å². The number of likely N-dealkylation sites (tertiary alicyclic amines) is 1. The van der Waals surface area contributed by atoms with Crippen molar-refractivity contribution in [2.75, 3.05) is 44.2 Å². The molecule has 2 fully saturated rings. The number of pyridine rings is 1. The Balaban J connectivity index is 1.21. The Morgan fingerprint density at radius 3 is 2.70 bits per heavy atom. The Hall–Kier alpha value is -2.41. The van der Waals surface area contributed by atoms with E-state index in [1.807, 2.05) is 47.2 Å². The van der Waals surface area contributed by atoms with Gasteiger partial charge in [-0.15, -0.1) is 0 Å². The van der Waals surface area contributed by atoms with Gasteiger partial charge in [0.25, 0.3) is 0 Å². The van der Waals surface area contributed by atoms with Gasteiger partial charge < -0.3 is 9.80 Å². The van der Waals surface area contributed by atoms with Gasteiger partial charge in [-0.05, 0) is 50.8 Å². The van der Waals surface area contributed by atoms with Crippen molar-refractivity contribution in [1.29, 1.82) is 0 Å². The molecule has 0 aromatic carbocycles. The van der Waals surface area contributed by atoms with E-state index in [1.165, 1.54) is 24.1 Å². The molecule has 0 bridgehead atoms. The largest absolute Gasteiger partial charge is 0.353 e. The first kappa shape index (κ1) is 20.8. The number of aromatic nitrogens is 3. The molecule has 2 aromatic heterocycles. The summed E-state index contributed by atoms with van der Waals surface area (Å²) >= 11 is 0. The van der Waals surface area contributed by atoms with Crippen LogP contribution in [0.5, 0.6) is 0 Å². The molecule has 162 valence electrons. The highest BCUT2D eigenvalue weighted by Crippen LogP contribution is 2.24. The Bertz CT molecular complexity index is 827. The summed E-state index contributed by atoms with van der Waals surface area (Å²) < 4.78 is 1.95. The molecule has 1 amide bonds. The number of piperazine rings is 1. The summed E-state index contributed by atoms with van der Waals surface area (Å²) in [4.78, 5) is 24.0. The zero-order valence-electron chi connectivity index (χ0n) is 18.3. The standard InChI is InChI=1S/C23H34N6O/c1-19-21(16-25-26(19)2)18-27-11-5-6-20(17-27)8-9-23(30)29-14-12-28(13-15-29)22-7-3-4-10-24-22/h3-4,7,10,16,20H,5-6,8-9,11-15,17-18H2,1-2H3/t20-/m1/s1. The van der Waals surface area contributed by atoms with Gasteiger partial charge in [0.2, 0.25) is 5.91 Å². The first-order valence-corrected chi connectivity index (χ1v) is 11.2. The van der Waals surface area contributed by atoms with Crippen LogP contribution in [0.15, 0.2) is 30.6 Å². The molecule has 0 radical (unpaired) electrons. The van der Waals surface area contributed by atoms with E-state index >= 15 is 0 Å². The maximum absolute atomic E-state index is 12.8. The van der Waals surface area contributed by atoms with Crippen molar-refractivity contribution in [1.82, 2.24) is 24.6 Å². The van der Waals surface area contributed by atoms with Crippen molar-refractivity contribution >= 4 is 11.7 Å². The highest BCUT2D eigenvalue weighted by Gasteiger charge is 2.25. The minimum absolute atomic E-state index is 0.316. The lowest BCUT2D eigenvalue weighted by molar-refractivity contribution is -0.131. The summed E-state index contributed by atoms with van der Waals surface area (Å²) in [5.41, 5.74) is 2.57. The SMILES string of the molecule is Cc1c(CN2CCC[C@H](CCC(=O)N3CCN(c4ccccn4)CC3)C2)cnn1C. The van der Waals surface area contributed by atoms with E-state index in [1.54, 1.807) is 0 Å². The predicted molar refractivity (Wildman–Crippen MR) is 118 cm³/mol. The molecule has 2 saturated heterocycles. The van der Waals surface area contributed by atoms with E-state index in [9.17, 15) is 4.79 Å². The summed E-state index contributed by atoms with van der Waals surface area (Å²) in [6.07, 6.45) is 7.96. The van der Waals surface area contributed by atoms with Crippen LogP contribution < -0.4 is 4.90 Å². The van der Waals surface area contributed by atoms with Crippen LogP contribution in [0.1, 0.15) is 36.9 Å². The smallest absolute Gasteiger partial charge is 0.222 e. The minimum Gasteiger partial charge on any atom is -0.353 e. The van der Waals surface area contributed by atoms with Crippen LogP contribution in [-0.4, -0.2) is 69.7 Å². The maximum Gasteiger partial charge on any atom is 0.222 e. The van der Waals surface area contributed by atoms with Gasteiger partial charge in [-0.2, -0.15) is 5.10 Å². The average Bonchev–Trinajstić information content (AvgIpc) is 3.10. The van der Waals surface area contributed by atoms with Crippen molar-refractivity contribution in [3.63, 3.8) is 0 Å². The molecule has 2 aliphatic rings. The van der Waals surface area contributed by atoms with Gasteiger partial charge in [0.05, 0.1) is 6.20 Å². The molecule has 4 heterocycles. The molecule has 30 heavy (non-hydrogen) atoms. The molecule has 7 nitrogen and oxygen atoms in total. The molecule has 0 saturated carbocycles. The molecule has 0 spiro atoms. The van der Waals surface area contributed by atoms with Gasteiger partial charge in [-0.1, -0.05) is 6.07 Å². The second kappa shape index (κ2) is 9.60. The van der Waals surface area contributed by atoms with Gasteiger partial charge in [0, 0.05) is 70.2 Å². The fourth-order valence-electron chi connectivity index (χ4n) is 4.68. The monoisotopic (exact) mass is 410 g/mol. The van der Waals surface area contributed by atoms with Crippen molar-refractivity contribution in [3.05, 3.63) is 41.9 Å². The number of hydrogen-bond acceptors (Lipinski definition) is 5. The molecule has 1 atom stereocenters. The summed E-state index contributed by atoms with van der Waals surface area (Å²) in [7, 11) is 2.00. The lowest BCUT2D eigenvalue weighted by atomic mass is 9.93. The van der Waals surface area contributed by atoms with E-state index in [2.05, 4.69) is 26.8 Å². The lowest BCUT2D eigenvalue weighted by Gasteiger charge is -2.36. The maximum atomic E-state index is 12.8. The second-order valence-electron chi connectivity index (χ2n) is 8.72. The van der Waals surface area contributed by atoms with E-state index < -0.39 is 0 Å². The Morgan fingerprint density at radius 2 is 2.00 bits per heavy atom. The Labute approximate surface area is 179 Å². The Morgan fingerprint density at radius 1 is 1.17 bits per heavy atom. The summed E-state index contributed by atoms with van der Waals surface area (Å²) in [6.45, 7) is 8.67. The molecule has 2 aromatic rings. The molecule has 2 aliphatic heterocycles. The van der Waals surface area contributed by atoms with Crippen LogP contribution in [-0.2, 0) is 18.4 Å². The molecular weight excluding hydrogens is 376 g/mol. The first-order valence-electron chi connectivity index (χ1n) is 11.2. The van der Waals surface area contributed by atoms with E-state index in [-0.39, 0.29) is 0 Å². The third-order valence-corrected chi connectivity index (χ3v) is 6.71. The van der Waals surface area contributed by atoms with Crippen LogP contribution in [0.25, 0.3) is 0 Å². The summed E-state index contributed by atoms with van der Waals surface area (Å²) in [5.74, 6) is 1.95. The fraction of sp³-hybridized carbons (Fsp3) is 0.609. The average molecular weight is 411 g/mol. The van der Waals surface area contributed by atoms with Crippen molar-refractivity contribution in [3.8, 4) is 0 Å². The number of piperidine rings is 1. The van der Waals surface area contributed by atoms with E-state index in [4.69, 9.17) is 0 Å². The molecule has 7 heteroatoms. The zero-order chi connectivity index (χ0) is 20.9. The van der Waals surface area contributed by atoms with Crippen molar-refractivity contribution in [2.24, 2.45) is 13.0 Å². The normalized spacial score (nSPS) is 20.5. The number of aryl methyl sites for hydroxylation is 1. The number of hydrogen-bond donors (Lipinski definition) is 0. The van der Waals surface area contributed by atoms with Gasteiger partial charge >= 0.3 is 0 Å². The number of amides is 1. The zero-order valence-corrected chi connectivity index (χ0v) is 18.3. The van der Waals surface area contributed by atoms with E-state index in [0.717, 1.165) is 58.1 Å². The molecular formula is C23H34N6O. The van der Waals surface area contributed by atoms with Crippen LogP contribution in [0.3, 0.4) is 0 Å². The predicted octanol–water partition coefficient (Wildman–Crippen LogP) is 2.46. The highest BCUT2D eigenvalue weighted by molar-refractivity contribution is 5.76. The van der Waals surface area contributed by atoms with Gasteiger partial charge in [-0.25, -0.2) is 4.98 Å². The van der Waals surface area contributed by atoms with Crippen LogP contribution >= 0.6 is 0 Å². The second-order valence-corrected chi connectivity index (χ2v) is 8.72. The Kier molecular flexibility index (Phi) is 6.67. The van der Waals surface area contributed by atoms with Gasteiger partial charge in [-0.3, -0.25) is 14.4 Å². The third-order valence-electron chi connectivity index (χ3n) is 6.71. The minimum atomic E-state index is 0.316. The number of rotatable bonds is 6. The first-order chi connectivity index (χ1) is 14.6. The van der Waals surface area contributed by atoms with Crippen molar-refractivity contribution < 1.29 is 4.79 Å². The number of anilines is 1.